The lowest BCUT2D eigenvalue weighted by Crippen LogP contribution is -2.28. The minimum Gasteiger partial charge on any atom is -0.481 e. The molecule has 1 rings (SSSR count). The van der Waals surface area contributed by atoms with Gasteiger partial charge >= 0.3 is 5.97 Å². The number of nitrogens with one attached hydrogen (secondary N) is 1. The van der Waals surface area contributed by atoms with Gasteiger partial charge in [-0.1, -0.05) is 18.9 Å². The van der Waals surface area contributed by atoms with Crippen molar-refractivity contribution in [1.29, 1.82) is 0 Å². The number of nitrogens with zero attached hydrogens (tertiary/aromatic N) is 1. The Labute approximate surface area is 125 Å². The first-order valence-electron chi connectivity index (χ1n) is 7.09. The second-order valence-electron chi connectivity index (χ2n) is 4.84. The van der Waals surface area contributed by atoms with Crippen LogP contribution in [0.5, 0.6) is 0 Å². The zero-order valence-electron chi connectivity index (χ0n) is 12.0. The zero-order valence-corrected chi connectivity index (χ0v) is 12.8. The Morgan fingerprint density at radius 3 is 2.62 bits per heavy atom. The maximum absolute atomic E-state index is 11.8. The van der Waals surface area contributed by atoms with Crippen LogP contribution in [0.1, 0.15) is 37.8 Å². The average Bonchev–Trinajstić information content (AvgIpc) is 2.45. The van der Waals surface area contributed by atoms with Gasteiger partial charge in [-0.25, -0.2) is 13.1 Å². The number of carbonyl (C=O) groups is 1. The molecule has 0 bridgehead atoms. The highest BCUT2D eigenvalue weighted by atomic mass is 32.2. The van der Waals surface area contributed by atoms with Crippen molar-refractivity contribution in [2.45, 2.75) is 38.5 Å². The third-order valence-electron chi connectivity index (χ3n) is 2.99. The molecule has 0 radical (unpaired) electrons. The largest absolute Gasteiger partial charge is 0.481 e. The van der Waals surface area contributed by atoms with E-state index in [4.69, 9.17) is 5.11 Å². The summed E-state index contributed by atoms with van der Waals surface area (Å²) in [6.07, 6.45) is 5.22. The molecule has 1 aromatic rings. The molecular formula is C14H22N2O4S. The standard InChI is InChI=1S/C14H22N2O4S/c17-14(18)8-3-1-2-5-11-16-21(19,20)12-9-13-7-4-6-10-15-13/h4,6-7,10,16H,1-3,5,8-9,11-12H2,(H,17,18). The van der Waals surface area contributed by atoms with Crippen LogP contribution in [0.25, 0.3) is 0 Å². The SMILES string of the molecule is O=C(O)CCCCCCNS(=O)(=O)CCc1ccccn1. The van der Waals surface area contributed by atoms with Crippen LogP contribution < -0.4 is 4.72 Å². The number of sulfonamides is 1. The first kappa shape index (κ1) is 17.6. The molecule has 0 saturated carbocycles. The monoisotopic (exact) mass is 314 g/mol. The quantitative estimate of drug-likeness (QED) is 0.604. The molecule has 0 aromatic carbocycles. The fraction of sp³-hybridized carbons (Fsp3) is 0.571. The molecule has 1 heterocycles. The molecule has 0 amide bonds. The number of hydrogen-bond donors (Lipinski definition) is 2. The fourth-order valence-corrected chi connectivity index (χ4v) is 2.92. The lowest BCUT2D eigenvalue weighted by Gasteiger charge is -2.06. The smallest absolute Gasteiger partial charge is 0.303 e. The number of unbranched alkanes of at least 4 members (excludes halogenated alkanes) is 3. The number of carboxylic acids is 1. The van der Waals surface area contributed by atoms with Crippen LogP contribution in [0.4, 0.5) is 0 Å². The number of pyridine rings is 1. The molecule has 2 N–H and O–H groups in total. The number of aliphatic carboxylic acids is 1. The summed E-state index contributed by atoms with van der Waals surface area (Å²) in [5.41, 5.74) is 0.761. The summed E-state index contributed by atoms with van der Waals surface area (Å²) in [5.74, 6) is -0.756. The van der Waals surface area contributed by atoms with E-state index in [0.717, 1.165) is 25.0 Å². The maximum Gasteiger partial charge on any atom is 0.303 e. The number of carboxylic acid groups (broad SMARTS) is 1. The summed E-state index contributed by atoms with van der Waals surface area (Å²) in [4.78, 5) is 14.4. The predicted molar refractivity (Wildman–Crippen MR) is 80.5 cm³/mol. The third-order valence-corrected chi connectivity index (χ3v) is 4.38. The van der Waals surface area contributed by atoms with Gasteiger partial charge in [-0.15, -0.1) is 0 Å². The molecule has 118 valence electrons. The highest BCUT2D eigenvalue weighted by molar-refractivity contribution is 7.89. The summed E-state index contributed by atoms with van der Waals surface area (Å²) in [6.45, 7) is 0.400. The van der Waals surface area contributed by atoms with Crippen molar-refractivity contribution in [3.63, 3.8) is 0 Å². The summed E-state index contributed by atoms with van der Waals surface area (Å²) in [7, 11) is -3.27. The topological polar surface area (TPSA) is 96.4 Å². The number of aromatic nitrogens is 1. The zero-order chi connectivity index (χ0) is 15.6. The van der Waals surface area contributed by atoms with Gasteiger partial charge in [0.2, 0.25) is 10.0 Å². The highest BCUT2D eigenvalue weighted by Gasteiger charge is 2.09. The van der Waals surface area contributed by atoms with Crippen LogP contribution in [-0.2, 0) is 21.2 Å². The number of hydrogen-bond acceptors (Lipinski definition) is 4. The minimum absolute atomic E-state index is 0.0308. The van der Waals surface area contributed by atoms with Crippen molar-refractivity contribution >= 4 is 16.0 Å². The molecule has 0 unspecified atom stereocenters. The Kier molecular flexibility index (Phi) is 7.92. The van der Waals surface area contributed by atoms with Gasteiger partial charge in [0.1, 0.15) is 0 Å². The third kappa shape index (κ3) is 9.14. The van der Waals surface area contributed by atoms with E-state index in [1.165, 1.54) is 0 Å². The van der Waals surface area contributed by atoms with Gasteiger partial charge in [0.25, 0.3) is 0 Å². The van der Waals surface area contributed by atoms with Crippen molar-refractivity contribution in [3.8, 4) is 0 Å². The Hall–Kier alpha value is -1.47. The molecule has 1 aromatic heterocycles. The Morgan fingerprint density at radius 2 is 1.95 bits per heavy atom. The molecule has 7 heteroatoms. The van der Waals surface area contributed by atoms with Gasteiger partial charge in [0.05, 0.1) is 5.75 Å². The lowest BCUT2D eigenvalue weighted by atomic mass is 10.1. The van der Waals surface area contributed by atoms with E-state index < -0.39 is 16.0 Å². The minimum atomic E-state index is -3.27. The molecule has 6 nitrogen and oxygen atoms in total. The Bertz CT molecular complexity index is 517. The van der Waals surface area contributed by atoms with Gasteiger partial charge < -0.3 is 5.11 Å². The van der Waals surface area contributed by atoms with Crippen LogP contribution >= 0.6 is 0 Å². The van der Waals surface area contributed by atoms with E-state index in [-0.39, 0.29) is 12.2 Å². The first-order valence-corrected chi connectivity index (χ1v) is 8.74. The molecule has 0 fully saturated rings. The molecule has 0 spiro atoms. The van der Waals surface area contributed by atoms with Crippen molar-refractivity contribution in [1.82, 2.24) is 9.71 Å². The molecule has 0 aliphatic rings. The van der Waals surface area contributed by atoms with Crippen LogP contribution in [0, 0.1) is 0 Å². The van der Waals surface area contributed by atoms with Gasteiger partial charge in [0, 0.05) is 31.3 Å². The molecule has 0 saturated heterocycles. The van der Waals surface area contributed by atoms with E-state index in [1.807, 2.05) is 6.07 Å². The average molecular weight is 314 g/mol. The van der Waals surface area contributed by atoms with Crippen LogP contribution in [0.2, 0.25) is 0 Å². The molecule has 21 heavy (non-hydrogen) atoms. The van der Waals surface area contributed by atoms with Crippen molar-refractivity contribution in [3.05, 3.63) is 30.1 Å². The maximum atomic E-state index is 11.8. The number of rotatable bonds is 11. The highest BCUT2D eigenvalue weighted by Crippen LogP contribution is 2.03. The van der Waals surface area contributed by atoms with E-state index in [0.29, 0.717) is 19.4 Å². The van der Waals surface area contributed by atoms with E-state index in [2.05, 4.69) is 9.71 Å². The van der Waals surface area contributed by atoms with Crippen molar-refractivity contribution < 1.29 is 18.3 Å². The van der Waals surface area contributed by atoms with Crippen LogP contribution in [-0.4, -0.2) is 36.8 Å². The van der Waals surface area contributed by atoms with Crippen LogP contribution in [0.3, 0.4) is 0 Å². The van der Waals surface area contributed by atoms with Gasteiger partial charge in [-0.2, -0.15) is 0 Å². The number of aryl methyl sites for hydroxylation is 1. The lowest BCUT2D eigenvalue weighted by molar-refractivity contribution is -0.137. The Balaban J connectivity index is 2.11. The van der Waals surface area contributed by atoms with E-state index >= 15 is 0 Å². The molecule has 0 atom stereocenters. The molecular weight excluding hydrogens is 292 g/mol. The van der Waals surface area contributed by atoms with Crippen molar-refractivity contribution in [2.24, 2.45) is 0 Å². The second kappa shape index (κ2) is 9.46. The predicted octanol–water partition coefficient (Wildman–Crippen LogP) is 1.58. The Morgan fingerprint density at radius 1 is 1.19 bits per heavy atom. The normalized spacial score (nSPS) is 11.4. The summed E-state index contributed by atoms with van der Waals surface area (Å²) < 4.78 is 26.1. The van der Waals surface area contributed by atoms with Gasteiger partial charge in [-0.3, -0.25) is 9.78 Å². The van der Waals surface area contributed by atoms with Gasteiger partial charge in [-0.05, 0) is 25.0 Å². The van der Waals surface area contributed by atoms with E-state index in [9.17, 15) is 13.2 Å². The van der Waals surface area contributed by atoms with Gasteiger partial charge in [0.15, 0.2) is 0 Å². The van der Waals surface area contributed by atoms with E-state index in [1.54, 1.807) is 18.3 Å². The van der Waals surface area contributed by atoms with Crippen LogP contribution in [0.15, 0.2) is 24.4 Å². The molecule has 0 aliphatic heterocycles. The van der Waals surface area contributed by atoms with Crippen molar-refractivity contribution in [2.75, 3.05) is 12.3 Å². The fourth-order valence-electron chi connectivity index (χ4n) is 1.84. The molecule has 0 aliphatic carbocycles. The summed E-state index contributed by atoms with van der Waals surface area (Å²) in [5, 5.41) is 8.48. The second-order valence-corrected chi connectivity index (χ2v) is 6.77. The summed E-state index contributed by atoms with van der Waals surface area (Å²) in [6, 6.07) is 5.43. The summed E-state index contributed by atoms with van der Waals surface area (Å²) >= 11 is 0. The first-order chi connectivity index (χ1) is 9.99.